The minimum absolute atomic E-state index is 0.189. The van der Waals surface area contributed by atoms with E-state index in [1.54, 1.807) is 0 Å². The molecule has 0 aromatic carbocycles. The summed E-state index contributed by atoms with van der Waals surface area (Å²) in [5.74, 6) is 0.189. The predicted octanol–water partition coefficient (Wildman–Crippen LogP) is 0.0883. The molecule has 0 rings (SSSR count). The van der Waals surface area contributed by atoms with Crippen molar-refractivity contribution in [1.29, 1.82) is 0 Å². The lowest BCUT2D eigenvalue weighted by molar-refractivity contribution is 0.283. The summed E-state index contributed by atoms with van der Waals surface area (Å²) in [6, 6.07) is 0. The second-order valence-electron chi connectivity index (χ2n) is 2.66. The number of aliphatic hydroxyl groups excluding tert-OH is 1. The van der Waals surface area contributed by atoms with Crippen molar-refractivity contribution >= 4 is 10.0 Å². The number of aliphatic hydroxyl groups is 1. The van der Waals surface area contributed by atoms with Crippen LogP contribution in [0.3, 0.4) is 0 Å². The molecule has 4 nitrogen and oxygen atoms in total. The highest BCUT2D eigenvalue weighted by Gasteiger charge is 2.04. The Balaban J connectivity index is 3.32. The summed E-state index contributed by atoms with van der Waals surface area (Å²) in [5, 5.41) is 8.44. The molecule has 2 N–H and O–H groups in total. The van der Waals surface area contributed by atoms with E-state index in [0.29, 0.717) is 6.42 Å². The van der Waals surface area contributed by atoms with Gasteiger partial charge in [-0.15, -0.1) is 0 Å². The predicted molar refractivity (Wildman–Crippen MR) is 48.4 cm³/mol. The average Bonchev–Trinajstić information content (AvgIpc) is 2.04. The van der Waals surface area contributed by atoms with E-state index in [1.165, 1.54) is 7.05 Å². The zero-order chi connectivity index (χ0) is 9.45. The fourth-order valence-corrected chi connectivity index (χ4v) is 1.65. The highest BCUT2D eigenvalue weighted by molar-refractivity contribution is 7.89. The fraction of sp³-hybridized carbons (Fsp3) is 1.00. The lowest BCUT2D eigenvalue weighted by atomic mass is 10.2. The van der Waals surface area contributed by atoms with Gasteiger partial charge < -0.3 is 5.11 Å². The van der Waals surface area contributed by atoms with Crippen molar-refractivity contribution in [2.24, 2.45) is 0 Å². The summed E-state index contributed by atoms with van der Waals surface area (Å²) in [4.78, 5) is 0. The van der Waals surface area contributed by atoms with Crippen LogP contribution in [0.4, 0.5) is 0 Å². The van der Waals surface area contributed by atoms with E-state index >= 15 is 0 Å². The van der Waals surface area contributed by atoms with Crippen molar-refractivity contribution in [3.8, 4) is 0 Å². The summed E-state index contributed by atoms with van der Waals surface area (Å²) >= 11 is 0. The second-order valence-corrected chi connectivity index (χ2v) is 4.71. The fourth-order valence-electron chi connectivity index (χ4n) is 0.860. The van der Waals surface area contributed by atoms with E-state index in [2.05, 4.69) is 4.72 Å². The van der Waals surface area contributed by atoms with Crippen molar-refractivity contribution in [3.05, 3.63) is 0 Å². The molecule has 0 heterocycles. The largest absolute Gasteiger partial charge is 0.396 e. The summed E-state index contributed by atoms with van der Waals surface area (Å²) in [5.41, 5.74) is 0. The van der Waals surface area contributed by atoms with Crippen LogP contribution in [0.5, 0.6) is 0 Å². The van der Waals surface area contributed by atoms with E-state index < -0.39 is 10.0 Å². The van der Waals surface area contributed by atoms with Gasteiger partial charge in [-0.25, -0.2) is 13.1 Å². The Kier molecular flexibility index (Phi) is 6.32. The summed E-state index contributed by atoms with van der Waals surface area (Å²) in [6.45, 7) is 0.193. The lowest BCUT2D eigenvalue weighted by Crippen LogP contribution is -2.21. The van der Waals surface area contributed by atoms with Crippen LogP contribution in [0.25, 0.3) is 0 Å². The van der Waals surface area contributed by atoms with Gasteiger partial charge in [0, 0.05) is 6.61 Å². The van der Waals surface area contributed by atoms with Crippen LogP contribution < -0.4 is 4.72 Å². The maximum Gasteiger partial charge on any atom is 0.211 e. The molecule has 0 amide bonds. The average molecular weight is 195 g/mol. The quantitative estimate of drug-likeness (QED) is 0.566. The van der Waals surface area contributed by atoms with Gasteiger partial charge in [-0.1, -0.05) is 12.8 Å². The normalized spacial score (nSPS) is 11.8. The number of hydrogen-bond acceptors (Lipinski definition) is 3. The molecule has 0 aliphatic rings. The molecule has 0 atom stereocenters. The summed E-state index contributed by atoms with van der Waals surface area (Å²) in [7, 11) is -1.60. The maximum absolute atomic E-state index is 10.9. The van der Waals surface area contributed by atoms with Crippen molar-refractivity contribution < 1.29 is 13.5 Å². The molecular formula is C7H17NO3S. The first-order chi connectivity index (χ1) is 5.62. The molecule has 0 spiro atoms. The Morgan fingerprint density at radius 2 is 1.75 bits per heavy atom. The molecule has 0 fully saturated rings. The molecule has 0 aromatic rings. The van der Waals surface area contributed by atoms with E-state index in [4.69, 9.17) is 5.11 Å². The molecule has 5 heteroatoms. The first-order valence-corrected chi connectivity index (χ1v) is 5.79. The molecule has 0 unspecified atom stereocenters. The maximum atomic E-state index is 10.9. The van der Waals surface area contributed by atoms with Crippen molar-refractivity contribution in [2.45, 2.75) is 25.7 Å². The van der Waals surface area contributed by atoms with Gasteiger partial charge in [-0.3, -0.25) is 0 Å². The van der Waals surface area contributed by atoms with Crippen LogP contribution in [-0.4, -0.2) is 32.9 Å². The van der Waals surface area contributed by atoms with Crippen molar-refractivity contribution in [3.63, 3.8) is 0 Å². The number of sulfonamides is 1. The Morgan fingerprint density at radius 3 is 2.25 bits per heavy atom. The molecule has 0 radical (unpaired) electrons. The third-order valence-electron chi connectivity index (χ3n) is 1.63. The molecule has 0 aromatic heterocycles. The third kappa shape index (κ3) is 6.57. The second kappa shape index (κ2) is 6.39. The number of unbranched alkanes of at least 4 members (excludes halogenated alkanes) is 3. The number of hydrogen-bond donors (Lipinski definition) is 2. The van der Waals surface area contributed by atoms with E-state index in [9.17, 15) is 8.42 Å². The highest BCUT2D eigenvalue weighted by Crippen LogP contribution is 2.00. The van der Waals surface area contributed by atoms with Crippen LogP contribution in [0.1, 0.15) is 25.7 Å². The zero-order valence-corrected chi connectivity index (χ0v) is 8.23. The van der Waals surface area contributed by atoms with Crippen molar-refractivity contribution in [2.75, 3.05) is 19.4 Å². The Bertz CT molecular complexity index is 189. The van der Waals surface area contributed by atoms with Gasteiger partial charge in [0.25, 0.3) is 0 Å². The van der Waals surface area contributed by atoms with Crippen LogP contribution in [0, 0.1) is 0 Å². The number of rotatable bonds is 7. The van der Waals surface area contributed by atoms with Gasteiger partial charge in [0.2, 0.25) is 10.0 Å². The number of nitrogens with one attached hydrogen (secondary N) is 1. The van der Waals surface area contributed by atoms with E-state index in [-0.39, 0.29) is 12.4 Å². The molecule has 0 aliphatic heterocycles. The monoisotopic (exact) mass is 195 g/mol. The zero-order valence-electron chi connectivity index (χ0n) is 7.41. The Hall–Kier alpha value is -0.130. The van der Waals surface area contributed by atoms with Crippen LogP contribution >= 0.6 is 0 Å². The van der Waals surface area contributed by atoms with Crippen LogP contribution in [-0.2, 0) is 10.0 Å². The molecule has 0 saturated carbocycles. The standard InChI is InChI=1S/C7H17NO3S/c1-8-12(10,11)7-5-3-2-4-6-9/h8-9H,2-7H2,1H3. The molecule has 12 heavy (non-hydrogen) atoms. The van der Waals surface area contributed by atoms with Gasteiger partial charge in [0.1, 0.15) is 0 Å². The van der Waals surface area contributed by atoms with Gasteiger partial charge in [-0.05, 0) is 19.9 Å². The van der Waals surface area contributed by atoms with Gasteiger partial charge in [0.15, 0.2) is 0 Å². The molecule has 0 aliphatic carbocycles. The van der Waals surface area contributed by atoms with E-state index in [0.717, 1.165) is 19.3 Å². The lowest BCUT2D eigenvalue weighted by Gasteiger charge is -2.01. The molecular weight excluding hydrogens is 178 g/mol. The summed E-state index contributed by atoms with van der Waals surface area (Å²) < 4.78 is 24.0. The first-order valence-electron chi connectivity index (χ1n) is 4.14. The molecule has 0 saturated heterocycles. The third-order valence-corrected chi connectivity index (χ3v) is 3.08. The van der Waals surface area contributed by atoms with Crippen molar-refractivity contribution in [1.82, 2.24) is 4.72 Å². The molecule has 0 bridgehead atoms. The Labute approximate surface area is 74.0 Å². The van der Waals surface area contributed by atoms with Gasteiger partial charge in [-0.2, -0.15) is 0 Å². The van der Waals surface area contributed by atoms with E-state index in [1.807, 2.05) is 0 Å². The Morgan fingerprint density at radius 1 is 1.17 bits per heavy atom. The topological polar surface area (TPSA) is 66.4 Å². The smallest absolute Gasteiger partial charge is 0.211 e. The highest BCUT2D eigenvalue weighted by atomic mass is 32.2. The SMILES string of the molecule is CNS(=O)(=O)CCCCCCO. The first kappa shape index (κ1) is 11.9. The van der Waals surface area contributed by atoms with Gasteiger partial charge >= 0.3 is 0 Å². The summed E-state index contributed by atoms with van der Waals surface area (Å²) in [6.07, 6.45) is 3.19. The molecule has 74 valence electrons. The minimum atomic E-state index is -3.02. The van der Waals surface area contributed by atoms with Crippen LogP contribution in [0.15, 0.2) is 0 Å². The van der Waals surface area contributed by atoms with Gasteiger partial charge in [0.05, 0.1) is 5.75 Å². The minimum Gasteiger partial charge on any atom is -0.396 e. The van der Waals surface area contributed by atoms with Crippen LogP contribution in [0.2, 0.25) is 0 Å².